The number of carbonyl (C=O) groups excluding carboxylic acids is 1. The maximum atomic E-state index is 13.8. The molecule has 0 spiro atoms. The van der Waals surface area contributed by atoms with E-state index in [1.54, 1.807) is 0 Å². The first-order valence-corrected chi connectivity index (χ1v) is 5.90. The van der Waals surface area contributed by atoms with E-state index < -0.39 is 33.8 Å². The van der Waals surface area contributed by atoms with Crippen molar-refractivity contribution in [2.24, 2.45) is 0 Å². The summed E-state index contributed by atoms with van der Waals surface area (Å²) in [6.45, 7) is 0.0772. The van der Waals surface area contributed by atoms with Crippen LogP contribution in [0.4, 0.5) is 20.2 Å². The van der Waals surface area contributed by atoms with Crippen LogP contribution in [0.25, 0.3) is 0 Å². The molecule has 5 nitrogen and oxygen atoms in total. The van der Waals surface area contributed by atoms with E-state index in [1.807, 2.05) is 0 Å². The largest absolute Gasteiger partial charge is 0.307 e. The molecule has 0 saturated carbocycles. The fourth-order valence-electron chi connectivity index (χ4n) is 1.80. The van der Waals surface area contributed by atoms with Gasteiger partial charge >= 0.3 is 5.69 Å². The number of alkyl halides is 1. The third-order valence-corrected chi connectivity index (χ3v) is 3.20. The van der Waals surface area contributed by atoms with Crippen molar-refractivity contribution in [1.82, 2.24) is 0 Å². The third kappa shape index (κ3) is 2.07. The van der Waals surface area contributed by atoms with Crippen LogP contribution in [0.3, 0.4) is 0 Å². The predicted molar refractivity (Wildman–Crippen MR) is 62.7 cm³/mol. The van der Waals surface area contributed by atoms with E-state index in [0.717, 1.165) is 17.0 Å². The fourth-order valence-corrected chi connectivity index (χ4v) is 2.37. The quantitative estimate of drug-likeness (QED) is 0.477. The molecule has 0 aliphatic carbocycles. The Bertz CT molecular complexity index is 538. The molecule has 1 atom stereocenters. The van der Waals surface area contributed by atoms with E-state index >= 15 is 0 Å². The molecular weight excluding hydrogens is 314 g/mol. The molecule has 1 aliphatic heterocycles. The zero-order chi connectivity index (χ0) is 13.4. The van der Waals surface area contributed by atoms with Gasteiger partial charge in [-0.05, 0) is 6.07 Å². The monoisotopic (exact) mass is 320 g/mol. The lowest BCUT2D eigenvalue weighted by molar-refractivity contribution is -0.387. The zero-order valence-corrected chi connectivity index (χ0v) is 10.5. The number of hydrogen-bond acceptors (Lipinski definition) is 3. The van der Waals surface area contributed by atoms with E-state index in [2.05, 4.69) is 15.9 Å². The van der Waals surface area contributed by atoms with Gasteiger partial charge in [0.25, 0.3) is 0 Å². The smallest absolute Gasteiger partial charge is 0.306 e. The van der Waals surface area contributed by atoms with Crippen molar-refractivity contribution in [1.29, 1.82) is 0 Å². The molecule has 0 radical (unpaired) electrons. The number of nitrogens with zero attached hydrogens (tertiary/aromatic N) is 2. The number of hydrogen-bond donors (Lipinski definition) is 0. The van der Waals surface area contributed by atoms with Crippen LogP contribution in [-0.4, -0.2) is 22.2 Å². The summed E-state index contributed by atoms with van der Waals surface area (Å²) in [4.78, 5) is 21.9. The minimum absolute atomic E-state index is 0.0772. The molecule has 96 valence electrons. The lowest BCUT2D eigenvalue weighted by Gasteiger charge is -2.17. The van der Waals surface area contributed by atoms with Crippen molar-refractivity contribution >= 4 is 33.2 Å². The van der Waals surface area contributed by atoms with Gasteiger partial charge in [0.05, 0.1) is 4.92 Å². The number of nitro benzene ring substituents is 1. The number of carbonyl (C=O) groups is 1. The molecule has 1 heterocycles. The maximum absolute atomic E-state index is 13.8. The predicted octanol–water partition coefficient (Wildman–Crippen LogP) is 2.37. The molecule has 0 bridgehead atoms. The summed E-state index contributed by atoms with van der Waals surface area (Å²) in [7, 11) is 0. The molecule has 1 saturated heterocycles. The summed E-state index contributed by atoms with van der Waals surface area (Å²) >= 11 is 3.17. The topological polar surface area (TPSA) is 63.5 Å². The van der Waals surface area contributed by atoms with Gasteiger partial charge in [-0.25, -0.2) is 4.39 Å². The number of anilines is 1. The van der Waals surface area contributed by atoms with Crippen LogP contribution in [-0.2, 0) is 4.79 Å². The standard InChI is InChI=1S/C10H7BrF2N2O3/c11-5-3-8(16)14(4-5)10-6(12)1-2-7(9(10)13)15(17)18/h1-2,5H,3-4H2. The van der Waals surface area contributed by atoms with Crippen LogP contribution < -0.4 is 4.90 Å². The van der Waals surface area contributed by atoms with Crippen LogP contribution in [0.5, 0.6) is 0 Å². The average molecular weight is 321 g/mol. The minimum atomic E-state index is -1.32. The molecule has 0 N–H and O–H groups in total. The molecule has 1 amide bonds. The first kappa shape index (κ1) is 12.9. The molecular formula is C10H7BrF2N2O3. The van der Waals surface area contributed by atoms with Gasteiger partial charge in [-0.3, -0.25) is 14.9 Å². The highest BCUT2D eigenvalue weighted by Crippen LogP contribution is 2.34. The minimum Gasteiger partial charge on any atom is -0.306 e. The van der Waals surface area contributed by atoms with Crippen molar-refractivity contribution < 1.29 is 18.5 Å². The Labute approximate surface area is 109 Å². The highest BCUT2D eigenvalue weighted by Gasteiger charge is 2.35. The summed E-state index contributed by atoms with van der Waals surface area (Å²) in [5.74, 6) is -2.79. The zero-order valence-electron chi connectivity index (χ0n) is 8.90. The number of amides is 1. The van der Waals surface area contributed by atoms with Gasteiger partial charge in [-0.2, -0.15) is 4.39 Å². The molecule has 18 heavy (non-hydrogen) atoms. The van der Waals surface area contributed by atoms with E-state index in [4.69, 9.17) is 0 Å². The van der Waals surface area contributed by atoms with E-state index in [-0.39, 0.29) is 17.8 Å². The van der Waals surface area contributed by atoms with E-state index in [0.29, 0.717) is 0 Å². The molecule has 1 aromatic rings. The molecule has 0 aromatic heterocycles. The van der Waals surface area contributed by atoms with Crippen molar-refractivity contribution in [3.63, 3.8) is 0 Å². The number of rotatable bonds is 2. The summed E-state index contributed by atoms with van der Waals surface area (Å²) in [6.07, 6.45) is 0.0988. The molecule has 1 fully saturated rings. The highest BCUT2D eigenvalue weighted by atomic mass is 79.9. The lowest BCUT2D eigenvalue weighted by Crippen LogP contribution is -2.27. The van der Waals surface area contributed by atoms with Crippen molar-refractivity contribution in [2.45, 2.75) is 11.2 Å². The fraction of sp³-hybridized carbons (Fsp3) is 0.300. The first-order valence-electron chi connectivity index (χ1n) is 4.98. The summed E-state index contributed by atoms with van der Waals surface area (Å²) in [5, 5.41) is 10.6. The van der Waals surface area contributed by atoms with Crippen LogP contribution in [0.15, 0.2) is 12.1 Å². The highest BCUT2D eigenvalue weighted by molar-refractivity contribution is 9.09. The van der Waals surface area contributed by atoms with Gasteiger partial charge in [0.15, 0.2) is 0 Å². The van der Waals surface area contributed by atoms with Gasteiger partial charge in [-0.15, -0.1) is 0 Å². The van der Waals surface area contributed by atoms with Gasteiger partial charge in [0.2, 0.25) is 11.7 Å². The molecule has 2 rings (SSSR count). The van der Waals surface area contributed by atoms with Crippen LogP contribution in [0.2, 0.25) is 0 Å². The Morgan fingerprint density at radius 1 is 1.44 bits per heavy atom. The Hall–Kier alpha value is -1.57. The molecule has 8 heteroatoms. The van der Waals surface area contributed by atoms with Gasteiger partial charge < -0.3 is 4.90 Å². The summed E-state index contributed by atoms with van der Waals surface area (Å²) in [6, 6.07) is 1.52. The van der Waals surface area contributed by atoms with Crippen molar-refractivity contribution in [3.05, 3.63) is 33.9 Å². The first-order chi connectivity index (χ1) is 8.41. The second kappa shape index (κ2) is 4.60. The van der Waals surface area contributed by atoms with E-state index in [9.17, 15) is 23.7 Å². The summed E-state index contributed by atoms with van der Waals surface area (Å²) in [5.41, 5.74) is -1.51. The van der Waals surface area contributed by atoms with Gasteiger partial charge in [-0.1, -0.05) is 15.9 Å². The average Bonchev–Trinajstić information content (AvgIpc) is 2.57. The molecule has 1 aromatic carbocycles. The second-order valence-electron chi connectivity index (χ2n) is 3.79. The SMILES string of the molecule is O=C1CC(Br)CN1c1c(F)ccc([N+](=O)[O-])c1F. The van der Waals surface area contributed by atoms with Crippen LogP contribution in [0, 0.1) is 21.7 Å². The Kier molecular flexibility index (Phi) is 3.29. The number of halogens is 3. The second-order valence-corrected chi connectivity index (χ2v) is 5.09. The number of nitro groups is 1. The Balaban J connectivity index is 2.53. The molecule has 1 aliphatic rings. The summed E-state index contributed by atoms with van der Waals surface area (Å²) < 4.78 is 27.4. The van der Waals surface area contributed by atoms with Crippen molar-refractivity contribution in [2.75, 3.05) is 11.4 Å². The van der Waals surface area contributed by atoms with Crippen LogP contribution >= 0.6 is 15.9 Å². The van der Waals surface area contributed by atoms with Gasteiger partial charge in [0.1, 0.15) is 11.5 Å². The van der Waals surface area contributed by atoms with E-state index in [1.165, 1.54) is 0 Å². The Morgan fingerprint density at radius 2 is 2.11 bits per heavy atom. The third-order valence-electron chi connectivity index (χ3n) is 2.59. The lowest BCUT2D eigenvalue weighted by atomic mass is 10.2. The van der Waals surface area contributed by atoms with Crippen LogP contribution in [0.1, 0.15) is 6.42 Å². The van der Waals surface area contributed by atoms with Gasteiger partial charge in [0, 0.05) is 23.9 Å². The molecule has 1 unspecified atom stereocenters. The Morgan fingerprint density at radius 3 is 2.61 bits per heavy atom. The maximum Gasteiger partial charge on any atom is 0.307 e. The van der Waals surface area contributed by atoms with Crippen molar-refractivity contribution in [3.8, 4) is 0 Å². The number of benzene rings is 1. The normalized spacial score (nSPS) is 19.4.